The SMILES string of the molecule is CCC(/C=C/C1OC(C(Cl)(Cl)Cl)=N[C@@]1(CCC(=O)OC)C(=O)OC)Cc1ccc(OC)cc1. The van der Waals surface area contributed by atoms with Gasteiger partial charge in [-0.05, 0) is 49.0 Å². The fraction of sp³-hybridized carbons (Fsp3) is 0.522. The summed E-state index contributed by atoms with van der Waals surface area (Å²) in [6.45, 7) is 2.06. The lowest BCUT2D eigenvalue weighted by atomic mass is 9.86. The minimum Gasteiger partial charge on any atom is -0.497 e. The molecule has 10 heteroatoms. The Bertz CT molecular complexity index is 881. The zero-order chi connectivity index (χ0) is 24.6. The summed E-state index contributed by atoms with van der Waals surface area (Å²) in [7, 11) is 4.11. The Morgan fingerprint density at radius 3 is 2.36 bits per heavy atom. The second-order valence-corrected chi connectivity index (χ2v) is 9.83. The van der Waals surface area contributed by atoms with Crippen LogP contribution in [0.15, 0.2) is 41.4 Å². The average Bonchev–Trinajstić information content (AvgIpc) is 3.20. The number of rotatable bonds is 10. The van der Waals surface area contributed by atoms with E-state index in [1.54, 1.807) is 13.2 Å². The molecule has 182 valence electrons. The van der Waals surface area contributed by atoms with Crippen LogP contribution >= 0.6 is 34.8 Å². The van der Waals surface area contributed by atoms with Crippen molar-refractivity contribution < 1.29 is 28.5 Å². The van der Waals surface area contributed by atoms with Crippen LogP contribution in [-0.4, -0.2) is 54.6 Å². The highest BCUT2D eigenvalue weighted by molar-refractivity contribution is 6.76. The number of carbonyl (C=O) groups excluding carboxylic acids is 2. The summed E-state index contributed by atoms with van der Waals surface area (Å²) in [5.74, 6) is -0.528. The van der Waals surface area contributed by atoms with Crippen molar-refractivity contribution in [2.75, 3.05) is 21.3 Å². The normalized spacial score (nSPS) is 21.3. The summed E-state index contributed by atoms with van der Waals surface area (Å²) >= 11 is 18.0. The second-order valence-electron chi connectivity index (χ2n) is 7.55. The van der Waals surface area contributed by atoms with Crippen molar-refractivity contribution in [3.8, 4) is 5.75 Å². The average molecular weight is 521 g/mol. The molecule has 2 unspecified atom stereocenters. The molecule has 1 aromatic rings. The first-order valence-electron chi connectivity index (χ1n) is 10.4. The third-order valence-corrected chi connectivity index (χ3v) is 5.95. The largest absolute Gasteiger partial charge is 0.497 e. The Balaban J connectivity index is 2.32. The van der Waals surface area contributed by atoms with Gasteiger partial charge in [-0.25, -0.2) is 9.79 Å². The smallest absolute Gasteiger partial charge is 0.338 e. The number of methoxy groups -OCH3 is 3. The molecule has 1 aliphatic rings. The minimum atomic E-state index is -1.99. The van der Waals surface area contributed by atoms with Crippen molar-refractivity contribution in [2.45, 2.75) is 48.0 Å². The first-order chi connectivity index (χ1) is 15.6. The molecule has 0 aromatic heterocycles. The van der Waals surface area contributed by atoms with Gasteiger partial charge in [-0.15, -0.1) is 0 Å². The molecular formula is C23H28Cl3NO6. The van der Waals surface area contributed by atoms with Crippen molar-refractivity contribution in [1.82, 2.24) is 0 Å². The van der Waals surface area contributed by atoms with E-state index in [9.17, 15) is 9.59 Å². The van der Waals surface area contributed by atoms with E-state index in [0.29, 0.717) is 0 Å². The standard InChI is InChI=1S/C23H28Cl3NO6/c1-5-15(14-16-6-9-17(30-2)10-7-16)8-11-18-22(21(29)32-4,13-12-19(28)31-3)27-20(33-18)23(24,25)26/h6-11,15,18H,5,12-14H2,1-4H3/b11-8+/t15?,18?,22-/m1/s1. The Morgan fingerprint density at radius 2 is 1.85 bits per heavy atom. The lowest BCUT2D eigenvalue weighted by molar-refractivity contribution is -0.150. The highest BCUT2D eigenvalue weighted by atomic mass is 35.6. The number of alkyl halides is 3. The summed E-state index contributed by atoms with van der Waals surface area (Å²) in [5, 5.41) is 0. The van der Waals surface area contributed by atoms with Crippen molar-refractivity contribution in [3.05, 3.63) is 42.0 Å². The molecule has 2 rings (SSSR count). The lowest BCUT2D eigenvalue weighted by Crippen LogP contribution is -2.46. The van der Waals surface area contributed by atoms with Crippen LogP contribution in [0.5, 0.6) is 5.75 Å². The van der Waals surface area contributed by atoms with Crippen LogP contribution in [0.2, 0.25) is 0 Å². The van der Waals surface area contributed by atoms with Crippen LogP contribution < -0.4 is 4.74 Å². The molecule has 33 heavy (non-hydrogen) atoms. The summed E-state index contributed by atoms with van der Waals surface area (Å²) < 4.78 is 18.7. The predicted octanol–water partition coefficient (Wildman–Crippen LogP) is 4.85. The van der Waals surface area contributed by atoms with E-state index in [1.165, 1.54) is 14.2 Å². The van der Waals surface area contributed by atoms with Crippen LogP contribution in [0.4, 0.5) is 0 Å². The van der Waals surface area contributed by atoms with Crippen LogP contribution in [0.1, 0.15) is 31.7 Å². The molecule has 0 N–H and O–H groups in total. The Hall–Kier alpha value is -1.96. The monoisotopic (exact) mass is 519 g/mol. The van der Waals surface area contributed by atoms with Crippen LogP contribution in [0, 0.1) is 5.92 Å². The van der Waals surface area contributed by atoms with E-state index in [1.807, 2.05) is 30.3 Å². The Morgan fingerprint density at radius 1 is 1.18 bits per heavy atom. The molecule has 0 aliphatic carbocycles. The molecule has 1 aliphatic heterocycles. The number of carbonyl (C=O) groups is 2. The van der Waals surface area contributed by atoms with Gasteiger partial charge in [0.25, 0.3) is 3.79 Å². The van der Waals surface area contributed by atoms with Gasteiger partial charge in [0.2, 0.25) is 11.4 Å². The molecule has 0 saturated heterocycles. The molecule has 0 amide bonds. The molecule has 1 aromatic carbocycles. The van der Waals surface area contributed by atoms with Gasteiger partial charge < -0.3 is 18.9 Å². The fourth-order valence-electron chi connectivity index (χ4n) is 3.52. The molecule has 0 fully saturated rings. The van der Waals surface area contributed by atoms with Gasteiger partial charge >= 0.3 is 11.9 Å². The van der Waals surface area contributed by atoms with Crippen molar-refractivity contribution in [2.24, 2.45) is 10.9 Å². The highest BCUT2D eigenvalue weighted by Gasteiger charge is 2.55. The third kappa shape index (κ3) is 7.01. The number of esters is 2. The molecule has 1 heterocycles. The lowest BCUT2D eigenvalue weighted by Gasteiger charge is -2.27. The summed E-state index contributed by atoms with van der Waals surface area (Å²) in [5.41, 5.74) is -0.459. The van der Waals surface area contributed by atoms with Gasteiger partial charge in [0.05, 0.1) is 21.3 Å². The number of nitrogens with zero attached hydrogens (tertiary/aromatic N) is 1. The summed E-state index contributed by atoms with van der Waals surface area (Å²) in [6.07, 6.45) is 4.20. The molecule has 7 nitrogen and oxygen atoms in total. The zero-order valence-corrected chi connectivity index (χ0v) is 21.2. The van der Waals surface area contributed by atoms with E-state index >= 15 is 0 Å². The molecule has 0 saturated carbocycles. The first-order valence-corrected chi connectivity index (χ1v) is 11.5. The summed E-state index contributed by atoms with van der Waals surface area (Å²) in [6, 6.07) is 7.81. The van der Waals surface area contributed by atoms with E-state index in [2.05, 4.69) is 11.9 Å². The number of hydrogen-bond donors (Lipinski definition) is 0. The number of allylic oxidation sites excluding steroid dienone is 1. The second kappa shape index (κ2) is 12.0. The van der Waals surface area contributed by atoms with E-state index in [-0.39, 0.29) is 24.7 Å². The maximum atomic E-state index is 12.8. The molecule has 3 atom stereocenters. The van der Waals surface area contributed by atoms with E-state index < -0.39 is 27.4 Å². The highest BCUT2D eigenvalue weighted by Crippen LogP contribution is 2.40. The van der Waals surface area contributed by atoms with Crippen LogP contribution in [-0.2, 0) is 30.2 Å². The number of hydrogen-bond acceptors (Lipinski definition) is 7. The minimum absolute atomic E-state index is 0.0408. The van der Waals surface area contributed by atoms with Crippen LogP contribution in [0.25, 0.3) is 0 Å². The van der Waals surface area contributed by atoms with Gasteiger partial charge in [0.15, 0.2) is 6.10 Å². The predicted molar refractivity (Wildman–Crippen MR) is 128 cm³/mol. The van der Waals surface area contributed by atoms with E-state index in [4.69, 9.17) is 53.8 Å². The molecule has 0 spiro atoms. The van der Waals surface area contributed by atoms with Gasteiger partial charge in [0.1, 0.15) is 5.75 Å². The molecular weight excluding hydrogens is 493 g/mol. The maximum absolute atomic E-state index is 12.8. The van der Waals surface area contributed by atoms with Crippen molar-refractivity contribution >= 4 is 52.6 Å². The third-order valence-electron chi connectivity index (χ3n) is 5.47. The topological polar surface area (TPSA) is 83.4 Å². The summed E-state index contributed by atoms with van der Waals surface area (Å²) in [4.78, 5) is 29.0. The maximum Gasteiger partial charge on any atom is 0.338 e. The number of benzene rings is 1. The number of halogens is 3. The van der Waals surface area contributed by atoms with Gasteiger partial charge in [-0.2, -0.15) is 0 Å². The quantitative estimate of drug-likeness (QED) is 0.249. The number of aliphatic imine (C=N–C) groups is 1. The van der Waals surface area contributed by atoms with Crippen LogP contribution in [0.3, 0.4) is 0 Å². The van der Waals surface area contributed by atoms with Gasteiger partial charge in [-0.3, -0.25) is 4.79 Å². The van der Waals surface area contributed by atoms with Crippen molar-refractivity contribution in [1.29, 1.82) is 0 Å². The van der Waals surface area contributed by atoms with E-state index in [0.717, 1.165) is 24.2 Å². The molecule has 0 bridgehead atoms. The first kappa shape index (κ1) is 27.3. The molecule has 0 radical (unpaired) electrons. The van der Waals surface area contributed by atoms with Gasteiger partial charge in [-0.1, -0.05) is 59.9 Å². The van der Waals surface area contributed by atoms with Gasteiger partial charge in [0, 0.05) is 6.42 Å². The Labute approximate surface area is 209 Å². The fourth-order valence-corrected chi connectivity index (χ4v) is 3.78. The zero-order valence-electron chi connectivity index (χ0n) is 19.0. The Kier molecular flexibility index (Phi) is 9.88. The van der Waals surface area contributed by atoms with Crippen molar-refractivity contribution in [3.63, 3.8) is 0 Å². The number of ether oxygens (including phenoxy) is 4.